The molecule has 1 rings (SSSR count). The van der Waals surface area contributed by atoms with Crippen LogP contribution in [0.2, 0.25) is 5.02 Å². The number of halogens is 1. The molecule has 0 aliphatic rings. The molecule has 0 fully saturated rings. The summed E-state index contributed by atoms with van der Waals surface area (Å²) < 4.78 is 0. The highest BCUT2D eigenvalue weighted by Gasteiger charge is 2.17. The fourth-order valence-electron chi connectivity index (χ4n) is 2.14. The Morgan fingerprint density at radius 2 is 2.10 bits per heavy atom. The summed E-state index contributed by atoms with van der Waals surface area (Å²) in [5, 5.41) is 9.33. The number of unbranched alkanes of at least 4 members (excludes halogenated alkanes) is 1. The molecule has 0 aliphatic carbocycles. The number of carboxylic acid groups (broad SMARTS) is 1. The van der Waals surface area contributed by atoms with Crippen LogP contribution in [0.25, 0.3) is 0 Å². The fourth-order valence-corrected chi connectivity index (χ4v) is 3.40. The Labute approximate surface area is 135 Å². The number of thioether (sulfide) groups is 1. The monoisotopic (exact) mass is 328 g/mol. The van der Waals surface area contributed by atoms with Crippen molar-refractivity contribution >= 4 is 34.4 Å². The quantitative estimate of drug-likeness (QED) is 0.771. The second-order valence-corrected chi connectivity index (χ2v) is 6.95. The third-order valence-corrected chi connectivity index (χ3v) is 4.47. The smallest absolute Gasteiger partial charge is 0.304 e. The Kier molecular flexibility index (Phi) is 7.83. The lowest BCUT2D eigenvalue weighted by atomic mass is 10.0. The van der Waals surface area contributed by atoms with E-state index in [2.05, 4.69) is 6.92 Å². The average molecular weight is 329 g/mol. The van der Waals surface area contributed by atoms with Crippen molar-refractivity contribution in [2.45, 2.75) is 51.2 Å². The standard InChI is InChI=1S/C16H21ClO3S/c1-3-4-5-13-7-6-12(9-15(13)17)8-14(10-16(19)20)21-11(2)18/h6-7,9,14H,3-5,8,10H2,1-2H3,(H,19,20). The van der Waals surface area contributed by atoms with E-state index in [1.54, 1.807) is 0 Å². The molecule has 0 aliphatic heterocycles. The largest absolute Gasteiger partial charge is 0.481 e. The number of hydrogen-bond donors (Lipinski definition) is 1. The van der Waals surface area contributed by atoms with Crippen molar-refractivity contribution in [3.05, 3.63) is 34.3 Å². The Morgan fingerprint density at radius 3 is 2.62 bits per heavy atom. The van der Waals surface area contributed by atoms with Gasteiger partial charge in [0, 0.05) is 17.2 Å². The van der Waals surface area contributed by atoms with Gasteiger partial charge in [-0.25, -0.2) is 0 Å². The first-order valence-electron chi connectivity index (χ1n) is 7.08. The molecule has 0 heterocycles. The van der Waals surface area contributed by atoms with E-state index < -0.39 is 5.97 Å². The summed E-state index contributed by atoms with van der Waals surface area (Å²) >= 11 is 7.35. The molecule has 21 heavy (non-hydrogen) atoms. The number of aliphatic carboxylic acids is 1. The van der Waals surface area contributed by atoms with E-state index in [0.717, 1.165) is 47.2 Å². The maximum Gasteiger partial charge on any atom is 0.304 e. The predicted octanol–water partition coefficient (Wildman–Crippen LogP) is 4.35. The van der Waals surface area contributed by atoms with Gasteiger partial charge in [0.1, 0.15) is 0 Å². The van der Waals surface area contributed by atoms with Gasteiger partial charge in [-0.2, -0.15) is 0 Å². The molecular weight excluding hydrogens is 308 g/mol. The molecule has 0 amide bonds. The summed E-state index contributed by atoms with van der Waals surface area (Å²) in [5.41, 5.74) is 2.09. The van der Waals surface area contributed by atoms with Crippen LogP contribution in [-0.2, 0) is 22.4 Å². The third kappa shape index (κ3) is 7.00. The molecule has 5 heteroatoms. The van der Waals surface area contributed by atoms with Crippen LogP contribution < -0.4 is 0 Å². The number of carbonyl (C=O) groups is 2. The molecule has 1 aromatic rings. The highest BCUT2D eigenvalue weighted by Crippen LogP contribution is 2.25. The van der Waals surface area contributed by atoms with Crippen molar-refractivity contribution < 1.29 is 14.7 Å². The van der Waals surface area contributed by atoms with E-state index in [1.165, 1.54) is 6.92 Å². The topological polar surface area (TPSA) is 54.4 Å². The van der Waals surface area contributed by atoms with E-state index in [1.807, 2.05) is 18.2 Å². The van der Waals surface area contributed by atoms with Gasteiger partial charge in [-0.3, -0.25) is 9.59 Å². The first-order valence-corrected chi connectivity index (χ1v) is 8.34. The lowest BCUT2D eigenvalue weighted by molar-refractivity contribution is -0.136. The van der Waals surface area contributed by atoms with Gasteiger partial charge < -0.3 is 5.11 Å². The van der Waals surface area contributed by atoms with E-state index in [4.69, 9.17) is 16.7 Å². The average Bonchev–Trinajstić information content (AvgIpc) is 2.36. The van der Waals surface area contributed by atoms with Gasteiger partial charge in [0.15, 0.2) is 5.12 Å². The molecular formula is C16H21ClO3S. The van der Waals surface area contributed by atoms with E-state index >= 15 is 0 Å². The second kappa shape index (κ2) is 9.11. The first-order chi connectivity index (χ1) is 9.92. The normalized spacial score (nSPS) is 12.1. The lowest BCUT2D eigenvalue weighted by Crippen LogP contribution is -2.14. The summed E-state index contributed by atoms with van der Waals surface area (Å²) in [7, 11) is 0. The number of aryl methyl sites for hydroxylation is 1. The van der Waals surface area contributed by atoms with Gasteiger partial charge in [0.2, 0.25) is 0 Å². The van der Waals surface area contributed by atoms with Gasteiger partial charge in [0.25, 0.3) is 0 Å². The van der Waals surface area contributed by atoms with Crippen molar-refractivity contribution in [3.8, 4) is 0 Å². The van der Waals surface area contributed by atoms with Crippen molar-refractivity contribution in [2.24, 2.45) is 0 Å². The van der Waals surface area contributed by atoms with Gasteiger partial charge in [-0.1, -0.05) is 48.8 Å². The fraction of sp³-hybridized carbons (Fsp3) is 0.500. The zero-order valence-corrected chi connectivity index (χ0v) is 14.0. The van der Waals surface area contributed by atoms with Crippen molar-refractivity contribution in [1.82, 2.24) is 0 Å². The SMILES string of the molecule is CCCCc1ccc(CC(CC(=O)O)SC(C)=O)cc1Cl. The Bertz CT molecular complexity index is 486. The van der Waals surface area contributed by atoms with Gasteiger partial charge in [-0.05, 0) is 36.5 Å². The highest BCUT2D eigenvalue weighted by atomic mass is 35.5. The number of hydrogen-bond acceptors (Lipinski definition) is 3. The zero-order chi connectivity index (χ0) is 15.8. The van der Waals surface area contributed by atoms with Gasteiger partial charge in [-0.15, -0.1) is 0 Å². The van der Waals surface area contributed by atoms with Crippen molar-refractivity contribution in [2.75, 3.05) is 0 Å². The van der Waals surface area contributed by atoms with Crippen molar-refractivity contribution in [3.63, 3.8) is 0 Å². The Balaban J connectivity index is 2.76. The second-order valence-electron chi connectivity index (χ2n) is 5.06. The molecule has 0 saturated heterocycles. The maximum atomic E-state index is 11.2. The molecule has 1 N–H and O–H groups in total. The van der Waals surface area contributed by atoms with Crippen LogP contribution >= 0.6 is 23.4 Å². The highest BCUT2D eigenvalue weighted by molar-refractivity contribution is 8.14. The van der Waals surface area contributed by atoms with Crippen LogP contribution in [0.1, 0.15) is 44.2 Å². The summed E-state index contributed by atoms with van der Waals surface area (Å²) in [5.74, 6) is -0.889. The van der Waals surface area contributed by atoms with E-state index in [9.17, 15) is 9.59 Å². The molecule has 0 saturated carbocycles. The third-order valence-electron chi connectivity index (χ3n) is 3.12. The molecule has 0 bridgehead atoms. The van der Waals surface area contributed by atoms with Crippen LogP contribution in [0.5, 0.6) is 0 Å². The minimum Gasteiger partial charge on any atom is -0.481 e. The Morgan fingerprint density at radius 1 is 1.38 bits per heavy atom. The first kappa shape index (κ1) is 18.1. The molecule has 0 radical (unpaired) electrons. The van der Waals surface area contributed by atoms with Crippen LogP contribution in [0, 0.1) is 0 Å². The minimum absolute atomic E-state index is 0.0283. The van der Waals surface area contributed by atoms with Crippen LogP contribution in [0.15, 0.2) is 18.2 Å². The minimum atomic E-state index is -0.889. The van der Waals surface area contributed by atoms with Crippen molar-refractivity contribution in [1.29, 1.82) is 0 Å². The summed E-state index contributed by atoms with van der Waals surface area (Å²) in [4.78, 5) is 22.1. The Hall–Kier alpha value is -1.00. The van der Waals surface area contributed by atoms with Crippen LogP contribution in [0.3, 0.4) is 0 Å². The molecule has 0 spiro atoms. The summed E-state index contributed by atoms with van der Waals surface area (Å²) in [6, 6.07) is 5.87. The summed E-state index contributed by atoms with van der Waals surface area (Å²) in [6.07, 6.45) is 3.68. The van der Waals surface area contributed by atoms with Gasteiger partial charge in [0.05, 0.1) is 6.42 Å². The summed E-state index contributed by atoms with van der Waals surface area (Å²) in [6.45, 7) is 3.60. The molecule has 116 valence electrons. The zero-order valence-electron chi connectivity index (χ0n) is 12.4. The number of carbonyl (C=O) groups excluding carboxylic acids is 1. The van der Waals surface area contributed by atoms with Gasteiger partial charge >= 0.3 is 5.97 Å². The maximum absolute atomic E-state index is 11.2. The van der Waals surface area contributed by atoms with Crippen LogP contribution in [-0.4, -0.2) is 21.4 Å². The molecule has 1 atom stereocenters. The number of benzene rings is 1. The lowest BCUT2D eigenvalue weighted by Gasteiger charge is -2.14. The molecule has 1 unspecified atom stereocenters. The molecule has 3 nitrogen and oxygen atoms in total. The van der Waals surface area contributed by atoms with Crippen LogP contribution in [0.4, 0.5) is 0 Å². The number of rotatable bonds is 8. The molecule has 1 aromatic carbocycles. The number of carboxylic acids is 1. The predicted molar refractivity (Wildman–Crippen MR) is 88.1 cm³/mol. The molecule has 0 aromatic heterocycles. The van der Waals surface area contributed by atoms with E-state index in [0.29, 0.717) is 6.42 Å². The van der Waals surface area contributed by atoms with E-state index in [-0.39, 0.29) is 16.8 Å².